The number of nitrogens with one attached hydrogen (secondary N) is 1. The molecule has 0 bridgehead atoms. The van der Waals surface area contributed by atoms with Crippen molar-refractivity contribution in [2.24, 2.45) is 7.05 Å². The summed E-state index contributed by atoms with van der Waals surface area (Å²) in [7, 11) is 4.43. The topological polar surface area (TPSA) is 79.7 Å². The van der Waals surface area contributed by atoms with Gasteiger partial charge in [0.25, 0.3) is 0 Å². The summed E-state index contributed by atoms with van der Waals surface area (Å²) in [5.41, 5.74) is 1.93. The van der Waals surface area contributed by atoms with E-state index in [1.807, 2.05) is 65.1 Å². The maximum absolute atomic E-state index is 6.78. The van der Waals surface area contributed by atoms with E-state index < -0.39 is 24.6 Å². The van der Waals surface area contributed by atoms with E-state index in [4.69, 9.17) is 30.4 Å². The molecule has 8 nitrogen and oxygen atoms in total. The van der Waals surface area contributed by atoms with Crippen molar-refractivity contribution in [1.29, 1.82) is 0 Å². The van der Waals surface area contributed by atoms with Crippen LogP contribution in [0.5, 0.6) is 0 Å². The lowest BCUT2D eigenvalue weighted by molar-refractivity contribution is -0.108. The van der Waals surface area contributed by atoms with E-state index in [0.29, 0.717) is 27.9 Å². The summed E-state index contributed by atoms with van der Waals surface area (Å²) in [5, 5.41) is 9.30. The van der Waals surface area contributed by atoms with E-state index in [1.54, 1.807) is 18.9 Å². The highest BCUT2D eigenvalue weighted by molar-refractivity contribution is 6.66. The van der Waals surface area contributed by atoms with Crippen molar-refractivity contribution in [1.82, 2.24) is 14.8 Å². The van der Waals surface area contributed by atoms with Gasteiger partial charge < -0.3 is 24.1 Å². The number of hydrogen-bond donors (Lipinski definition) is 1. The molecule has 1 fully saturated rings. The molecule has 1 aromatic carbocycles. The number of aryl methyl sites for hydroxylation is 1. The van der Waals surface area contributed by atoms with Gasteiger partial charge in [0.1, 0.15) is 0 Å². The van der Waals surface area contributed by atoms with Crippen LogP contribution in [-0.2, 0) is 25.8 Å². The van der Waals surface area contributed by atoms with Crippen LogP contribution in [0.25, 0.3) is 11.0 Å². The number of hydrogen-bond acceptors (Lipinski definition) is 7. The second kappa shape index (κ2) is 8.31. The number of nitrogens with zero attached hydrogens (tertiary/aromatic N) is 3. The van der Waals surface area contributed by atoms with E-state index in [2.05, 4.69) is 15.4 Å². The molecule has 2 aromatic heterocycles. The molecule has 0 spiro atoms. The van der Waals surface area contributed by atoms with Crippen LogP contribution in [0.2, 0.25) is 5.02 Å². The number of halogens is 1. The summed E-state index contributed by atoms with van der Waals surface area (Å²) in [6.45, 7) is 8.06. The smallest absolute Gasteiger partial charge is 0.399 e. The molecule has 3 heterocycles. The van der Waals surface area contributed by atoms with Gasteiger partial charge in [-0.05, 0) is 45.9 Å². The highest BCUT2D eigenvalue weighted by atomic mass is 35.5. The summed E-state index contributed by atoms with van der Waals surface area (Å²) < 4.78 is 24.7. The van der Waals surface area contributed by atoms with E-state index >= 15 is 0 Å². The number of ether oxygens (including phenoxy) is 2. The molecule has 4 rings (SSSR count). The van der Waals surface area contributed by atoms with E-state index in [9.17, 15) is 0 Å². The lowest BCUT2D eigenvalue weighted by Crippen LogP contribution is -2.41. The number of rotatable bonds is 6. The van der Waals surface area contributed by atoms with E-state index in [1.165, 1.54) is 0 Å². The fraction of sp³-hybridized carbons (Fsp3) is 0.455. The van der Waals surface area contributed by atoms with Crippen molar-refractivity contribution in [2.45, 2.75) is 45.2 Å². The molecule has 170 valence electrons. The molecule has 10 heteroatoms. The Morgan fingerprint density at radius 1 is 1.06 bits per heavy atom. The average molecular weight is 459 g/mol. The van der Waals surface area contributed by atoms with Gasteiger partial charge in [-0.25, -0.2) is 9.67 Å². The fourth-order valence-corrected chi connectivity index (χ4v) is 3.90. The zero-order valence-electron chi connectivity index (χ0n) is 19.4. The Hall–Kier alpha value is -2.17. The maximum atomic E-state index is 6.78. The van der Waals surface area contributed by atoms with Gasteiger partial charge in [0, 0.05) is 26.7 Å². The first-order valence-electron chi connectivity index (χ1n) is 10.4. The first-order valence-corrected chi connectivity index (χ1v) is 10.8. The predicted molar refractivity (Wildman–Crippen MR) is 126 cm³/mol. The van der Waals surface area contributed by atoms with Crippen LogP contribution < -0.4 is 10.8 Å². The Labute approximate surface area is 193 Å². The standard InChI is InChI=1S/C22H28BClN4O4/c1-21(2)22(3,4)32-23(31-21)14-9-8-10-15(17(14)24)25-18-13-11-12-16(20(29-6)30-7)26-19(13)28(5)27-18/h8-12,20H,1-7H3,(H,25,27). The molecule has 0 saturated carbocycles. The van der Waals surface area contributed by atoms with Gasteiger partial charge in [-0.3, -0.25) is 0 Å². The van der Waals surface area contributed by atoms with Gasteiger partial charge in [-0.1, -0.05) is 23.7 Å². The molecule has 1 N–H and O–H groups in total. The number of aromatic nitrogens is 3. The fourth-order valence-electron chi connectivity index (χ4n) is 3.63. The van der Waals surface area contributed by atoms with Crippen LogP contribution in [0.1, 0.15) is 39.7 Å². The molecule has 1 aliphatic heterocycles. The molecule has 32 heavy (non-hydrogen) atoms. The summed E-state index contributed by atoms with van der Waals surface area (Å²) in [6.07, 6.45) is -0.545. The Morgan fingerprint density at radius 2 is 1.72 bits per heavy atom. The Balaban J connectivity index is 1.66. The van der Waals surface area contributed by atoms with E-state index in [0.717, 1.165) is 10.8 Å². The number of anilines is 2. The summed E-state index contributed by atoms with van der Waals surface area (Å²) in [6, 6.07) is 9.51. The summed E-state index contributed by atoms with van der Waals surface area (Å²) >= 11 is 6.78. The highest BCUT2D eigenvalue weighted by Crippen LogP contribution is 2.38. The lowest BCUT2D eigenvalue weighted by Gasteiger charge is -2.32. The minimum atomic E-state index is -0.557. The molecule has 0 unspecified atom stereocenters. The molecule has 1 aliphatic rings. The highest BCUT2D eigenvalue weighted by Gasteiger charge is 2.52. The van der Waals surface area contributed by atoms with Crippen LogP contribution in [0.3, 0.4) is 0 Å². The number of methoxy groups -OCH3 is 2. The third kappa shape index (κ3) is 3.88. The van der Waals surface area contributed by atoms with Gasteiger partial charge in [0.2, 0.25) is 6.29 Å². The quantitative estimate of drug-likeness (QED) is 0.442. The van der Waals surface area contributed by atoms with Crippen molar-refractivity contribution in [3.8, 4) is 0 Å². The first-order chi connectivity index (χ1) is 15.1. The monoisotopic (exact) mass is 458 g/mol. The summed E-state index contributed by atoms with van der Waals surface area (Å²) in [5.74, 6) is 0.640. The normalized spacial score (nSPS) is 17.5. The molecular formula is C22H28BClN4O4. The van der Waals surface area contributed by atoms with Crippen molar-refractivity contribution in [2.75, 3.05) is 19.5 Å². The summed E-state index contributed by atoms with van der Waals surface area (Å²) in [4.78, 5) is 4.65. The maximum Gasteiger partial charge on any atom is 0.496 e. The van der Waals surface area contributed by atoms with Gasteiger partial charge >= 0.3 is 7.12 Å². The molecular weight excluding hydrogens is 431 g/mol. The number of benzene rings is 1. The zero-order chi connectivity index (χ0) is 23.3. The van der Waals surface area contributed by atoms with Crippen LogP contribution in [0, 0.1) is 0 Å². The average Bonchev–Trinajstić information content (AvgIpc) is 3.16. The van der Waals surface area contributed by atoms with Crippen molar-refractivity contribution in [3.05, 3.63) is 41.0 Å². The van der Waals surface area contributed by atoms with E-state index in [-0.39, 0.29) is 0 Å². The van der Waals surface area contributed by atoms with Crippen LogP contribution in [0.4, 0.5) is 11.5 Å². The second-order valence-electron chi connectivity index (χ2n) is 8.80. The second-order valence-corrected chi connectivity index (χ2v) is 9.18. The third-order valence-corrected chi connectivity index (χ3v) is 6.59. The number of fused-ring (bicyclic) bond motifs is 1. The van der Waals surface area contributed by atoms with Gasteiger partial charge in [0.05, 0.1) is 33.0 Å². The minimum Gasteiger partial charge on any atom is -0.399 e. The van der Waals surface area contributed by atoms with Crippen LogP contribution in [0.15, 0.2) is 30.3 Å². The lowest BCUT2D eigenvalue weighted by atomic mass is 9.79. The molecule has 0 aliphatic carbocycles. The Morgan fingerprint density at radius 3 is 2.34 bits per heavy atom. The van der Waals surface area contributed by atoms with Crippen LogP contribution >= 0.6 is 11.6 Å². The largest absolute Gasteiger partial charge is 0.496 e. The van der Waals surface area contributed by atoms with Crippen LogP contribution in [-0.4, -0.2) is 47.3 Å². The van der Waals surface area contributed by atoms with Gasteiger partial charge in [-0.15, -0.1) is 0 Å². The van der Waals surface area contributed by atoms with Crippen molar-refractivity contribution < 1.29 is 18.8 Å². The Kier molecular flexibility index (Phi) is 5.98. The molecule has 1 saturated heterocycles. The Bertz CT molecular complexity index is 1130. The first kappa shape index (κ1) is 23.0. The zero-order valence-corrected chi connectivity index (χ0v) is 20.1. The SMILES string of the molecule is COC(OC)c1ccc2c(Nc3cccc(B4OC(C)(C)C(C)(C)O4)c3Cl)nn(C)c2n1. The van der Waals surface area contributed by atoms with Crippen molar-refractivity contribution >= 4 is 46.7 Å². The molecule has 3 aromatic rings. The molecule has 0 amide bonds. The number of pyridine rings is 1. The molecule has 0 radical (unpaired) electrons. The van der Waals surface area contributed by atoms with Gasteiger partial charge in [0.15, 0.2) is 11.5 Å². The van der Waals surface area contributed by atoms with Crippen molar-refractivity contribution in [3.63, 3.8) is 0 Å². The third-order valence-electron chi connectivity index (χ3n) is 6.17. The molecule has 0 atom stereocenters. The minimum absolute atomic E-state index is 0.451. The van der Waals surface area contributed by atoms with Gasteiger partial charge in [-0.2, -0.15) is 5.10 Å². The predicted octanol–water partition coefficient (Wildman–Crippen LogP) is 3.96.